The monoisotopic (exact) mass is 489 g/mol. The van der Waals surface area contributed by atoms with Crippen molar-refractivity contribution < 1.29 is 28.4 Å². The number of rotatable bonds is 4. The van der Waals surface area contributed by atoms with E-state index in [4.69, 9.17) is 9.47 Å². The van der Waals surface area contributed by atoms with Crippen LogP contribution in [-0.4, -0.2) is 41.9 Å². The van der Waals surface area contributed by atoms with E-state index in [-0.39, 0.29) is 24.8 Å². The second-order valence-corrected chi connectivity index (χ2v) is 9.16. The molecule has 1 fully saturated rings. The molecular weight excluding hydrogens is 469 g/mol. The molecule has 0 aliphatic carbocycles. The lowest BCUT2D eigenvalue weighted by atomic mass is 9.70. The molecule has 1 N–H and O–H groups in total. The normalized spacial score (nSPS) is 24.1. The fourth-order valence-electron chi connectivity index (χ4n) is 5.81. The molecular formula is C26H20FN3O6. The van der Waals surface area contributed by atoms with Crippen LogP contribution < -0.4 is 14.8 Å². The number of likely N-dealkylation sites (tertiary alicyclic amines) is 1. The predicted molar refractivity (Wildman–Crippen MR) is 126 cm³/mol. The van der Waals surface area contributed by atoms with Crippen molar-refractivity contribution in [3.8, 4) is 11.5 Å². The Labute approximate surface area is 204 Å². The van der Waals surface area contributed by atoms with Gasteiger partial charge in [0, 0.05) is 41.4 Å². The van der Waals surface area contributed by atoms with Gasteiger partial charge in [0.15, 0.2) is 17.3 Å². The van der Waals surface area contributed by atoms with Crippen molar-refractivity contribution in [1.29, 1.82) is 0 Å². The molecule has 3 atom stereocenters. The molecule has 3 aromatic carbocycles. The number of hydrogen-bond donors (Lipinski definition) is 1. The maximum absolute atomic E-state index is 14.5. The number of carbonyl (C=O) groups excluding carboxylic acids is 2. The molecule has 0 saturated carbocycles. The minimum Gasteiger partial charge on any atom is -0.454 e. The highest BCUT2D eigenvalue weighted by Gasteiger charge is 2.64. The third kappa shape index (κ3) is 3.04. The third-order valence-corrected chi connectivity index (χ3v) is 7.36. The van der Waals surface area contributed by atoms with Crippen LogP contribution in [0.1, 0.15) is 27.4 Å². The fraction of sp³-hybridized carbons (Fsp3) is 0.231. The highest BCUT2D eigenvalue weighted by molar-refractivity contribution is 6.12. The molecule has 3 aliphatic rings. The molecule has 3 heterocycles. The van der Waals surface area contributed by atoms with Crippen molar-refractivity contribution in [2.24, 2.45) is 5.92 Å². The van der Waals surface area contributed by atoms with Gasteiger partial charge in [-0.3, -0.25) is 24.6 Å². The van der Waals surface area contributed by atoms with E-state index < -0.39 is 34.0 Å². The number of likely N-dealkylation sites (N-methyl/N-ethyl adjacent to an activating group) is 1. The van der Waals surface area contributed by atoms with Crippen molar-refractivity contribution in [2.45, 2.75) is 11.5 Å². The average Bonchev–Trinajstić information content (AvgIpc) is 3.54. The van der Waals surface area contributed by atoms with Gasteiger partial charge in [-0.15, -0.1) is 0 Å². The minimum absolute atomic E-state index is 0.0362. The molecule has 6 rings (SSSR count). The van der Waals surface area contributed by atoms with Gasteiger partial charge in [-0.2, -0.15) is 0 Å². The lowest BCUT2D eigenvalue weighted by Crippen LogP contribution is -2.51. The number of Topliss-reactive ketones (excluding diaryl/α,β-unsaturated/α-hetero) is 1. The standard InChI is InChI=1S/C26H20FN3O6/c1-29-12-18(14-3-2-4-17(9-14)30(33)34)23(24(31)15-5-8-21-22(10-15)36-13-35-21)26(29)19-11-16(27)6-7-20(19)28-25(26)32/h2-11,18,23H,12-13H2,1H3,(H,28,32)/t18-,23+,26-/m1/s1. The number of nitro benzene ring substituents is 1. The Balaban J connectivity index is 1.56. The van der Waals surface area contributed by atoms with Gasteiger partial charge in [0.25, 0.3) is 5.69 Å². The van der Waals surface area contributed by atoms with Crippen LogP contribution in [-0.2, 0) is 10.3 Å². The van der Waals surface area contributed by atoms with Crippen LogP contribution in [0.15, 0.2) is 60.7 Å². The van der Waals surface area contributed by atoms with Crippen molar-refractivity contribution in [1.82, 2.24) is 4.90 Å². The van der Waals surface area contributed by atoms with Crippen LogP contribution in [0, 0.1) is 21.8 Å². The van der Waals surface area contributed by atoms with Gasteiger partial charge in [-0.25, -0.2) is 4.39 Å². The second kappa shape index (κ2) is 7.85. The number of non-ortho nitro benzene ring substituents is 1. The zero-order valence-electron chi connectivity index (χ0n) is 19.1. The number of benzene rings is 3. The molecule has 3 aliphatic heterocycles. The highest BCUT2D eigenvalue weighted by atomic mass is 19.1. The molecule has 0 bridgehead atoms. The third-order valence-electron chi connectivity index (χ3n) is 7.36. The summed E-state index contributed by atoms with van der Waals surface area (Å²) in [5.74, 6) is -2.02. The molecule has 182 valence electrons. The van der Waals surface area contributed by atoms with Gasteiger partial charge < -0.3 is 14.8 Å². The van der Waals surface area contributed by atoms with Gasteiger partial charge in [0.05, 0.1) is 10.8 Å². The summed E-state index contributed by atoms with van der Waals surface area (Å²) in [6.45, 7) is 0.278. The maximum atomic E-state index is 14.5. The van der Waals surface area contributed by atoms with E-state index in [9.17, 15) is 24.1 Å². The lowest BCUT2D eigenvalue weighted by molar-refractivity contribution is -0.384. The summed E-state index contributed by atoms with van der Waals surface area (Å²) in [4.78, 5) is 40.7. The Morgan fingerprint density at radius 2 is 1.94 bits per heavy atom. The van der Waals surface area contributed by atoms with E-state index in [0.717, 1.165) is 0 Å². The predicted octanol–water partition coefficient (Wildman–Crippen LogP) is 3.84. The molecule has 0 aromatic heterocycles. The number of nitrogens with one attached hydrogen (secondary N) is 1. The van der Waals surface area contributed by atoms with Crippen LogP contribution in [0.25, 0.3) is 0 Å². The number of halogens is 1. The van der Waals surface area contributed by atoms with Crippen molar-refractivity contribution in [2.75, 3.05) is 25.7 Å². The first-order valence-electron chi connectivity index (χ1n) is 11.3. The van der Waals surface area contributed by atoms with Crippen LogP contribution in [0.5, 0.6) is 11.5 Å². The summed E-state index contributed by atoms with van der Waals surface area (Å²) in [7, 11) is 1.71. The molecule has 10 heteroatoms. The quantitative estimate of drug-likeness (QED) is 0.337. The number of ketones is 1. The molecule has 36 heavy (non-hydrogen) atoms. The number of nitro groups is 1. The maximum Gasteiger partial charge on any atom is 0.269 e. The summed E-state index contributed by atoms with van der Waals surface area (Å²) < 4.78 is 25.3. The first-order valence-corrected chi connectivity index (χ1v) is 11.3. The second-order valence-electron chi connectivity index (χ2n) is 9.16. The zero-order chi connectivity index (χ0) is 25.2. The number of nitrogens with zero attached hydrogens (tertiary/aromatic N) is 2. The summed E-state index contributed by atoms with van der Waals surface area (Å²) in [5, 5.41) is 14.3. The number of carbonyl (C=O) groups is 2. The minimum atomic E-state index is -1.51. The smallest absolute Gasteiger partial charge is 0.269 e. The van der Waals surface area contributed by atoms with Crippen LogP contribution in [0.4, 0.5) is 15.8 Å². The fourth-order valence-corrected chi connectivity index (χ4v) is 5.81. The van der Waals surface area contributed by atoms with Gasteiger partial charge in [-0.05, 0) is 49.0 Å². The summed E-state index contributed by atoms with van der Waals surface area (Å²) in [6.07, 6.45) is 0. The number of ether oxygens (including phenoxy) is 2. The highest BCUT2D eigenvalue weighted by Crippen LogP contribution is 2.56. The van der Waals surface area contributed by atoms with E-state index in [2.05, 4.69) is 5.32 Å². The zero-order valence-corrected chi connectivity index (χ0v) is 19.1. The van der Waals surface area contributed by atoms with Gasteiger partial charge >= 0.3 is 0 Å². The first-order chi connectivity index (χ1) is 17.3. The topological polar surface area (TPSA) is 111 Å². The van der Waals surface area contributed by atoms with Crippen molar-refractivity contribution >= 4 is 23.1 Å². The summed E-state index contributed by atoms with van der Waals surface area (Å²) in [5.41, 5.74) is 0.00280. The van der Waals surface area contributed by atoms with E-state index in [1.165, 1.54) is 30.3 Å². The molecule has 1 saturated heterocycles. The van der Waals surface area contributed by atoms with Gasteiger partial charge in [0.1, 0.15) is 11.4 Å². The number of hydrogen-bond acceptors (Lipinski definition) is 7. The average molecular weight is 489 g/mol. The van der Waals surface area contributed by atoms with Gasteiger partial charge in [-0.1, -0.05) is 12.1 Å². The SMILES string of the molecule is CN1C[C@H](c2cccc([N+](=O)[O-])c2)[C@@H](C(=O)c2ccc3c(c2)OCO3)[C@]12C(=O)Nc1ccc(F)cc12. The largest absolute Gasteiger partial charge is 0.454 e. The van der Waals surface area contributed by atoms with Crippen molar-refractivity contribution in [3.63, 3.8) is 0 Å². The summed E-state index contributed by atoms with van der Waals surface area (Å²) >= 11 is 0. The van der Waals surface area contributed by atoms with Crippen LogP contribution in [0.3, 0.4) is 0 Å². The Morgan fingerprint density at radius 3 is 2.75 bits per heavy atom. The van der Waals surface area contributed by atoms with E-state index >= 15 is 0 Å². The van der Waals surface area contributed by atoms with Gasteiger partial charge in [0.2, 0.25) is 12.7 Å². The Kier molecular flexibility index (Phi) is 4.84. The molecule has 3 aromatic rings. The molecule has 0 unspecified atom stereocenters. The van der Waals surface area contributed by atoms with E-state index in [1.807, 2.05) is 0 Å². The molecule has 1 spiro atoms. The Hall–Kier alpha value is -4.31. The molecule has 1 amide bonds. The number of fused-ring (bicyclic) bond motifs is 3. The molecule has 0 radical (unpaired) electrons. The summed E-state index contributed by atoms with van der Waals surface area (Å²) in [6, 6.07) is 14.9. The first kappa shape index (κ1) is 22.2. The number of anilines is 1. The Morgan fingerprint density at radius 1 is 1.14 bits per heavy atom. The van der Waals surface area contributed by atoms with Crippen LogP contribution in [0.2, 0.25) is 0 Å². The van der Waals surface area contributed by atoms with Crippen LogP contribution >= 0.6 is 0 Å². The number of amides is 1. The lowest BCUT2D eigenvalue weighted by Gasteiger charge is -2.35. The molecule has 9 nitrogen and oxygen atoms in total. The van der Waals surface area contributed by atoms with Crippen molar-refractivity contribution in [3.05, 3.63) is 93.3 Å². The van der Waals surface area contributed by atoms with E-state index in [0.29, 0.717) is 33.9 Å². The van der Waals surface area contributed by atoms with E-state index in [1.54, 1.807) is 42.3 Å². The Bertz CT molecular complexity index is 1460.